The van der Waals surface area contributed by atoms with Crippen LogP contribution in [0.4, 0.5) is 0 Å². The number of halogens is 2. The van der Waals surface area contributed by atoms with Crippen molar-refractivity contribution in [3.63, 3.8) is 0 Å². The second-order valence-corrected chi connectivity index (χ2v) is 4.82. The monoisotopic (exact) mass is 377 g/mol. The zero-order chi connectivity index (χ0) is 15.9. The molecule has 1 aromatic heterocycles. The molecule has 2 rings (SSSR count). The van der Waals surface area contributed by atoms with Gasteiger partial charge in [0.05, 0.1) is 13.2 Å². The van der Waals surface area contributed by atoms with Gasteiger partial charge in [-0.25, -0.2) is 9.89 Å². The van der Waals surface area contributed by atoms with Crippen LogP contribution in [0.15, 0.2) is 29.1 Å². The highest BCUT2D eigenvalue weighted by Crippen LogP contribution is 2.12. The lowest BCUT2D eigenvalue weighted by Crippen LogP contribution is -2.42. The molecule has 0 bridgehead atoms. The lowest BCUT2D eigenvalue weighted by Gasteiger charge is -2.12. The van der Waals surface area contributed by atoms with E-state index in [0.717, 1.165) is 11.3 Å². The number of aromatic amines is 2. The van der Waals surface area contributed by atoms with E-state index in [9.17, 15) is 9.59 Å². The van der Waals surface area contributed by atoms with Crippen LogP contribution in [0.3, 0.4) is 0 Å². The molecule has 5 N–H and O–H groups in total. The zero-order valence-electron chi connectivity index (χ0n) is 13.1. The van der Waals surface area contributed by atoms with Gasteiger partial charge in [-0.2, -0.15) is 5.10 Å². The largest absolute Gasteiger partial charge is 0.497 e. The van der Waals surface area contributed by atoms with Crippen LogP contribution in [0.1, 0.15) is 11.4 Å². The van der Waals surface area contributed by atoms with E-state index in [1.807, 2.05) is 24.3 Å². The van der Waals surface area contributed by atoms with E-state index in [-0.39, 0.29) is 36.4 Å². The number of ether oxygens (including phenoxy) is 1. The summed E-state index contributed by atoms with van der Waals surface area (Å²) in [5, 5.41) is 8.74. The van der Waals surface area contributed by atoms with Gasteiger partial charge >= 0.3 is 5.69 Å². The van der Waals surface area contributed by atoms with Crippen LogP contribution >= 0.6 is 24.8 Å². The Kier molecular flexibility index (Phi) is 9.79. The molecule has 0 saturated carbocycles. The number of aromatic nitrogens is 3. The molecule has 0 spiro atoms. The third kappa shape index (κ3) is 6.61. The second kappa shape index (κ2) is 10.7. The van der Waals surface area contributed by atoms with E-state index < -0.39 is 6.04 Å². The Labute approximate surface area is 151 Å². The maximum Gasteiger partial charge on any atom is 0.340 e. The van der Waals surface area contributed by atoms with E-state index in [2.05, 4.69) is 20.5 Å². The van der Waals surface area contributed by atoms with Gasteiger partial charge in [-0.3, -0.25) is 9.78 Å². The third-order valence-electron chi connectivity index (χ3n) is 3.16. The predicted octanol–water partition coefficient (Wildman–Crippen LogP) is 0.179. The third-order valence-corrected chi connectivity index (χ3v) is 3.16. The zero-order valence-corrected chi connectivity index (χ0v) is 14.7. The average molecular weight is 378 g/mol. The number of rotatable bonds is 7. The van der Waals surface area contributed by atoms with Gasteiger partial charge < -0.3 is 15.8 Å². The molecule has 0 radical (unpaired) electrons. The fraction of sp³-hybridized carbons (Fsp3) is 0.357. The molecule has 0 aliphatic heterocycles. The minimum atomic E-state index is -0.633. The standard InChI is InChI=1S/C14H19N5O3.2ClH/c1-22-10-4-2-9(3-5-10)8-11(15)13(20)16-7-6-12-17-14(21)19-18-12;;/h2-5,11H,6-8,15H2,1H3,(H,16,20)(H2,17,18,19,21);2*1H/t11-;;/m0../s1. The van der Waals surface area contributed by atoms with Gasteiger partial charge in [0.2, 0.25) is 5.91 Å². The summed E-state index contributed by atoms with van der Waals surface area (Å²) in [4.78, 5) is 25.3. The van der Waals surface area contributed by atoms with Crippen molar-refractivity contribution < 1.29 is 9.53 Å². The molecular weight excluding hydrogens is 357 g/mol. The summed E-state index contributed by atoms with van der Waals surface area (Å²) in [6, 6.07) is 6.77. The molecule has 10 heteroatoms. The van der Waals surface area contributed by atoms with Crippen molar-refractivity contribution in [2.45, 2.75) is 18.9 Å². The number of amides is 1. The molecular formula is C14H21Cl2N5O3. The maximum atomic E-state index is 11.9. The topological polar surface area (TPSA) is 126 Å². The van der Waals surface area contributed by atoms with Crippen molar-refractivity contribution >= 4 is 30.7 Å². The summed E-state index contributed by atoms with van der Waals surface area (Å²) >= 11 is 0. The fourth-order valence-corrected chi connectivity index (χ4v) is 1.97. The molecule has 1 aromatic carbocycles. The van der Waals surface area contributed by atoms with E-state index in [4.69, 9.17) is 10.5 Å². The summed E-state index contributed by atoms with van der Waals surface area (Å²) < 4.78 is 5.07. The normalized spacial score (nSPS) is 10.9. The van der Waals surface area contributed by atoms with Gasteiger partial charge in [-0.1, -0.05) is 12.1 Å². The highest BCUT2D eigenvalue weighted by atomic mass is 35.5. The van der Waals surface area contributed by atoms with E-state index in [1.54, 1.807) is 7.11 Å². The van der Waals surface area contributed by atoms with Crippen LogP contribution in [0.5, 0.6) is 5.75 Å². The average Bonchev–Trinajstić information content (AvgIpc) is 2.93. The van der Waals surface area contributed by atoms with Crippen molar-refractivity contribution in [2.75, 3.05) is 13.7 Å². The number of carbonyl (C=O) groups is 1. The lowest BCUT2D eigenvalue weighted by molar-refractivity contribution is -0.122. The number of benzene rings is 1. The first-order valence-electron chi connectivity index (χ1n) is 6.88. The first kappa shape index (κ1) is 22.0. The van der Waals surface area contributed by atoms with E-state index >= 15 is 0 Å². The Bertz CT molecular complexity index is 672. The summed E-state index contributed by atoms with van der Waals surface area (Å²) in [5.74, 6) is 1.01. The smallest absolute Gasteiger partial charge is 0.340 e. The van der Waals surface area contributed by atoms with E-state index in [0.29, 0.717) is 25.2 Å². The Balaban J connectivity index is 0.00000264. The highest BCUT2D eigenvalue weighted by molar-refractivity contribution is 5.85. The molecule has 1 amide bonds. The number of nitrogens with zero attached hydrogens (tertiary/aromatic N) is 1. The molecule has 2 aromatic rings. The lowest BCUT2D eigenvalue weighted by atomic mass is 10.1. The summed E-state index contributed by atoms with van der Waals surface area (Å²) in [7, 11) is 1.60. The molecule has 0 fully saturated rings. The molecule has 8 nitrogen and oxygen atoms in total. The van der Waals surface area contributed by atoms with Crippen molar-refractivity contribution in [3.8, 4) is 5.75 Å². The number of H-pyrrole nitrogens is 2. The molecule has 0 aliphatic rings. The Morgan fingerprint density at radius 3 is 2.54 bits per heavy atom. The molecule has 1 atom stereocenters. The van der Waals surface area contributed by atoms with Crippen molar-refractivity contribution in [1.29, 1.82) is 0 Å². The van der Waals surface area contributed by atoms with E-state index in [1.165, 1.54) is 0 Å². The minimum Gasteiger partial charge on any atom is -0.497 e. The van der Waals surface area contributed by atoms with Gasteiger partial charge in [0.15, 0.2) is 0 Å². The van der Waals surface area contributed by atoms with Crippen molar-refractivity contribution in [1.82, 2.24) is 20.5 Å². The van der Waals surface area contributed by atoms with Gasteiger partial charge in [0.25, 0.3) is 0 Å². The minimum absolute atomic E-state index is 0. The molecule has 0 saturated heterocycles. The summed E-state index contributed by atoms with van der Waals surface area (Å²) in [6.45, 7) is 0.357. The van der Waals surface area contributed by atoms with Crippen LogP contribution in [0.2, 0.25) is 0 Å². The van der Waals surface area contributed by atoms with Crippen LogP contribution in [0, 0.1) is 0 Å². The highest BCUT2D eigenvalue weighted by Gasteiger charge is 2.13. The Morgan fingerprint density at radius 1 is 1.33 bits per heavy atom. The number of hydrogen-bond acceptors (Lipinski definition) is 5. The molecule has 0 unspecified atom stereocenters. The van der Waals surface area contributed by atoms with Crippen LogP contribution < -0.4 is 21.5 Å². The predicted molar refractivity (Wildman–Crippen MR) is 95.1 cm³/mol. The molecule has 0 aliphatic carbocycles. The Morgan fingerprint density at radius 2 is 2.00 bits per heavy atom. The number of nitrogens with one attached hydrogen (secondary N) is 3. The maximum absolute atomic E-state index is 11.9. The van der Waals surface area contributed by atoms with Gasteiger partial charge in [0.1, 0.15) is 11.6 Å². The molecule has 134 valence electrons. The number of carbonyl (C=O) groups excluding carboxylic acids is 1. The summed E-state index contributed by atoms with van der Waals surface area (Å²) in [6.07, 6.45) is 0.870. The molecule has 1 heterocycles. The van der Waals surface area contributed by atoms with Crippen LogP contribution in [0.25, 0.3) is 0 Å². The quantitative estimate of drug-likeness (QED) is 0.547. The second-order valence-electron chi connectivity index (χ2n) is 4.82. The SMILES string of the molecule is COc1ccc(C[C@H](N)C(=O)NCCc2n[nH]c(=O)[nH]2)cc1.Cl.Cl. The van der Waals surface area contributed by atoms with Crippen LogP contribution in [-0.4, -0.2) is 40.8 Å². The number of hydrogen-bond donors (Lipinski definition) is 4. The number of methoxy groups -OCH3 is 1. The first-order valence-corrected chi connectivity index (χ1v) is 6.88. The fourth-order valence-electron chi connectivity index (χ4n) is 1.97. The van der Waals surface area contributed by atoms with Gasteiger partial charge in [0, 0.05) is 13.0 Å². The summed E-state index contributed by atoms with van der Waals surface area (Å²) in [5.41, 5.74) is 6.48. The van der Waals surface area contributed by atoms with Gasteiger partial charge in [-0.15, -0.1) is 24.8 Å². The number of nitrogens with two attached hydrogens (primary N) is 1. The Hall–Kier alpha value is -2.03. The van der Waals surface area contributed by atoms with Crippen LogP contribution in [-0.2, 0) is 17.6 Å². The van der Waals surface area contributed by atoms with Gasteiger partial charge in [-0.05, 0) is 24.1 Å². The van der Waals surface area contributed by atoms with Crippen molar-refractivity contribution in [3.05, 3.63) is 46.1 Å². The van der Waals surface area contributed by atoms with Crippen molar-refractivity contribution in [2.24, 2.45) is 5.73 Å². The first-order chi connectivity index (χ1) is 10.6. The molecule has 24 heavy (non-hydrogen) atoms.